The summed E-state index contributed by atoms with van der Waals surface area (Å²) in [5.74, 6) is 0.410. The van der Waals surface area contributed by atoms with Crippen LogP contribution in [0.3, 0.4) is 0 Å². The molecule has 0 heterocycles. The third kappa shape index (κ3) is 4.38. The molecule has 2 aromatic carbocycles. The van der Waals surface area contributed by atoms with Gasteiger partial charge in [-0.1, -0.05) is 48.3 Å². The van der Waals surface area contributed by atoms with Crippen LogP contribution in [0.25, 0.3) is 0 Å². The van der Waals surface area contributed by atoms with Gasteiger partial charge in [-0.05, 0) is 36.8 Å². The third-order valence-electron chi connectivity index (χ3n) is 2.87. The Morgan fingerprint density at radius 2 is 1.90 bits per heavy atom. The van der Waals surface area contributed by atoms with Crippen LogP contribution in [0, 0.1) is 0 Å². The van der Waals surface area contributed by atoms with Crippen molar-refractivity contribution in [3.63, 3.8) is 0 Å². The van der Waals surface area contributed by atoms with Crippen molar-refractivity contribution in [2.45, 2.75) is 19.4 Å². The van der Waals surface area contributed by atoms with Crippen LogP contribution in [0.5, 0.6) is 5.75 Å². The summed E-state index contributed by atoms with van der Waals surface area (Å²) in [4.78, 5) is 12.3. The Labute approximate surface area is 133 Å². The topological polar surface area (TPSA) is 38.3 Å². The summed E-state index contributed by atoms with van der Waals surface area (Å²) in [5.41, 5.74) is 0.515. The van der Waals surface area contributed by atoms with Crippen LogP contribution in [0.1, 0.15) is 13.3 Å². The molecule has 2 aromatic rings. The van der Waals surface area contributed by atoms with Gasteiger partial charge in [0.15, 0.2) is 6.10 Å². The lowest BCUT2D eigenvalue weighted by atomic mass is 10.2. The highest BCUT2D eigenvalue weighted by atomic mass is 35.5. The van der Waals surface area contributed by atoms with Gasteiger partial charge in [0.2, 0.25) is 0 Å². The number of amides is 1. The molecule has 0 aromatic heterocycles. The Hall–Kier alpha value is -1.71. The fourth-order valence-corrected chi connectivity index (χ4v) is 2.25. The second-order valence-corrected chi connectivity index (χ2v) is 5.28. The highest BCUT2D eigenvalue weighted by Crippen LogP contribution is 2.25. The molecule has 3 nitrogen and oxygen atoms in total. The first-order chi connectivity index (χ1) is 10.1. The van der Waals surface area contributed by atoms with E-state index in [0.717, 1.165) is 0 Å². The van der Waals surface area contributed by atoms with Crippen molar-refractivity contribution in [3.8, 4) is 5.75 Å². The lowest BCUT2D eigenvalue weighted by molar-refractivity contribution is -0.122. The van der Waals surface area contributed by atoms with Crippen molar-refractivity contribution in [1.29, 1.82) is 0 Å². The number of carbonyl (C=O) groups excluding carboxylic acids is 1. The van der Waals surface area contributed by atoms with E-state index in [0.29, 0.717) is 27.9 Å². The maximum atomic E-state index is 12.3. The van der Waals surface area contributed by atoms with Gasteiger partial charge in [-0.25, -0.2) is 0 Å². The second-order valence-electron chi connectivity index (χ2n) is 4.44. The number of halogens is 2. The van der Waals surface area contributed by atoms with E-state index >= 15 is 0 Å². The molecule has 0 spiro atoms. The minimum absolute atomic E-state index is 0.245. The van der Waals surface area contributed by atoms with Crippen LogP contribution in [-0.2, 0) is 4.79 Å². The highest BCUT2D eigenvalue weighted by molar-refractivity contribution is 6.36. The number of ether oxygens (including phenoxy) is 1. The van der Waals surface area contributed by atoms with Gasteiger partial charge < -0.3 is 10.1 Å². The first kappa shape index (κ1) is 15.7. The van der Waals surface area contributed by atoms with Crippen LogP contribution in [0.4, 0.5) is 5.69 Å². The first-order valence-electron chi connectivity index (χ1n) is 6.57. The van der Waals surface area contributed by atoms with E-state index in [-0.39, 0.29) is 5.91 Å². The lowest BCUT2D eigenvalue weighted by Gasteiger charge is -2.17. The molecule has 0 saturated carbocycles. The van der Waals surface area contributed by atoms with Crippen molar-refractivity contribution in [2.24, 2.45) is 0 Å². The molecule has 0 aliphatic rings. The largest absolute Gasteiger partial charge is 0.481 e. The molecule has 1 N–H and O–H groups in total. The Balaban J connectivity index is 2.06. The smallest absolute Gasteiger partial charge is 0.265 e. The Morgan fingerprint density at radius 1 is 1.19 bits per heavy atom. The highest BCUT2D eigenvalue weighted by Gasteiger charge is 2.19. The average Bonchev–Trinajstić information content (AvgIpc) is 2.48. The monoisotopic (exact) mass is 323 g/mol. The Kier molecular flexibility index (Phi) is 5.48. The third-order valence-corrected chi connectivity index (χ3v) is 3.42. The van der Waals surface area contributed by atoms with Gasteiger partial charge in [-0.15, -0.1) is 0 Å². The molecule has 0 aliphatic heterocycles. The minimum Gasteiger partial charge on any atom is -0.481 e. The molecule has 0 aliphatic carbocycles. The standard InChI is InChI=1S/C16H15Cl2NO2/c1-2-15(21-12-6-4-3-5-7-12)16(20)19-14-9-8-11(17)10-13(14)18/h3-10,15H,2H2,1H3,(H,19,20)/t15-/m1/s1. The van der Waals surface area contributed by atoms with Crippen LogP contribution in [0.15, 0.2) is 48.5 Å². The summed E-state index contributed by atoms with van der Waals surface area (Å²) in [6, 6.07) is 14.1. The molecule has 2 rings (SSSR count). The lowest BCUT2D eigenvalue weighted by Crippen LogP contribution is -2.32. The van der Waals surface area contributed by atoms with E-state index < -0.39 is 6.10 Å². The molecule has 0 unspecified atom stereocenters. The zero-order valence-electron chi connectivity index (χ0n) is 11.5. The van der Waals surface area contributed by atoms with Crippen molar-refractivity contribution < 1.29 is 9.53 Å². The summed E-state index contributed by atoms with van der Waals surface area (Å²) < 4.78 is 5.68. The number of carbonyl (C=O) groups is 1. The normalized spacial score (nSPS) is 11.8. The van der Waals surface area contributed by atoms with Gasteiger partial charge in [0.25, 0.3) is 5.91 Å². The van der Waals surface area contributed by atoms with Crippen molar-refractivity contribution in [2.75, 3.05) is 5.32 Å². The zero-order valence-corrected chi connectivity index (χ0v) is 13.0. The summed E-state index contributed by atoms with van der Waals surface area (Å²) in [5, 5.41) is 3.67. The van der Waals surface area contributed by atoms with Crippen molar-refractivity contribution in [3.05, 3.63) is 58.6 Å². The zero-order chi connectivity index (χ0) is 15.2. The predicted molar refractivity (Wildman–Crippen MR) is 86.2 cm³/mol. The van der Waals surface area contributed by atoms with E-state index in [2.05, 4.69) is 5.32 Å². The molecular weight excluding hydrogens is 309 g/mol. The molecule has 0 bridgehead atoms. The van der Waals surface area contributed by atoms with Gasteiger partial charge in [-0.2, -0.15) is 0 Å². The molecule has 110 valence electrons. The summed E-state index contributed by atoms with van der Waals surface area (Å²) >= 11 is 11.9. The van der Waals surface area contributed by atoms with E-state index in [1.54, 1.807) is 18.2 Å². The fraction of sp³-hybridized carbons (Fsp3) is 0.188. The predicted octanol–water partition coefficient (Wildman–Crippen LogP) is 4.79. The number of nitrogens with one attached hydrogen (secondary N) is 1. The first-order valence-corrected chi connectivity index (χ1v) is 7.33. The minimum atomic E-state index is -0.584. The number of para-hydroxylation sites is 1. The number of hydrogen-bond donors (Lipinski definition) is 1. The molecule has 21 heavy (non-hydrogen) atoms. The van der Waals surface area contributed by atoms with E-state index in [9.17, 15) is 4.79 Å². The summed E-state index contributed by atoms with van der Waals surface area (Å²) in [7, 11) is 0. The number of hydrogen-bond acceptors (Lipinski definition) is 2. The molecule has 1 amide bonds. The van der Waals surface area contributed by atoms with Gasteiger partial charge in [0.1, 0.15) is 5.75 Å². The Bertz CT molecular complexity index is 617. The van der Waals surface area contributed by atoms with Gasteiger partial charge in [-0.3, -0.25) is 4.79 Å². The SMILES string of the molecule is CC[C@@H](Oc1ccccc1)C(=O)Nc1ccc(Cl)cc1Cl. The average molecular weight is 324 g/mol. The van der Waals surface area contributed by atoms with Gasteiger partial charge in [0, 0.05) is 5.02 Å². The fourth-order valence-electron chi connectivity index (χ4n) is 1.79. The van der Waals surface area contributed by atoms with Gasteiger partial charge in [0.05, 0.1) is 10.7 Å². The molecule has 0 saturated heterocycles. The van der Waals surface area contributed by atoms with E-state index in [1.807, 2.05) is 37.3 Å². The summed E-state index contributed by atoms with van der Waals surface area (Å²) in [6.45, 7) is 1.89. The number of rotatable bonds is 5. The van der Waals surface area contributed by atoms with E-state index in [1.165, 1.54) is 0 Å². The van der Waals surface area contributed by atoms with Crippen LogP contribution in [-0.4, -0.2) is 12.0 Å². The van der Waals surface area contributed by atoms with Crippen molar-refractivity contribution in [1.82, 2.24) is 0 Å². The van der Waals surface area contributed by atoms with Crippen LogP contribution in [0.2, 0.25) is 10.0 Å². The Morgan fingerprint density at radius 3 is 2.52 bits per heavy atom. The number of anilines is 1. The molecular formula is C16H15Cl2NO2. The van der Waals surface area contributed by atoms with E-state index in [4.69, 9.17) is 27.9 Å². The molecule has 5 heteroatoms. The van der Waals surface area contributed by atoms with Crippen molar-refractivity contribution >= 4 is 34.8 Å². The second kappa shape index (κ2) is 7.34. The summed E-state index contributed by atoms with van der Waals surface area (Å²) in [6.07, 6.45) is -0.0366. The van der Waals surface area contributed by atoms with Crippen LogP contribution >= 0.6 is 23.2 Å². The number of benzene rings is 2. The molecule has 0 fully saturated rings. The van der Waals surface area contributed by atoms with Crippen LogP contribution < -0.4 is 10.1 Å². The molecule has 1 atom stereocenters. The quantitative estimate of drug-likeness (QED) is 0.859. The maximum absolute atomic E-state index is 12.3. The maximum Gasteiger partial charge on any atom is 0.265 e. The molecule has 0 radical (unpaired) electrons. The van der Waals surface area contributed by atoms with Gasteiger partial charge >= 0.3 is 0 Å².